The number of hydrogen-bond donors (Lipinski definition) is 1. The zero-order valence-electron chi connectivity index (χ0n) is 10.0. The van der Waals surface area contributed by atoms with Crippen molar-refractivity contribution in [3.05, 3.63) is 65.7 Å². The first kappa shape index (κ1) is 13.5. The molecule has 5 heteroatoms. The molecule has 1 aromatic carbocycles. The maximum Gasteiger partial charge on any atom is 0.253 e. The van der Waals surface area contributed by atoms with Crippen LogP contribution in [0, 0.1) is 5.82 Å². The van der Waals surface area contributed by atoms with Gasteiger partial charge in [0.15, 0.2) is 0 Å². The normalized spacial score (nSPS) is 11.9. The number of amides is 1. The minimum absolute atomic E-state index is 0.172. The Hall–Kier alpha value is -1.94. The quantitative estimate of drug-likeness (QED) is 0.874. The van der Waals surface area contributed by atoms with Crippen LogP contribution in [-0.2, 0) is 0 Å². The van der Waals surface area contributed by atoms with Crippen molar-refractivity contribution in [1.29, 1.82) is 0 Å². The van der Waals surface area contributed by atoms with Crippen LogP contribution in [0.2, 0.25) is 0 Å². The summed E-state index contributed by atoms with van der Waals surface area (Å²) in [6.07, 6.45) is 2.36. The summed E-state index contributed by atoms with van der Waals surface area (Å²) in [5.41, 5.74) is 1.07. The first-order chi connectivity index (χ1) is 9.20. The van der Waals surface area contributed by atoms with Crippen molar-refractivity contribution in [2.45, 2.75) is 6.04 Å². The standard InChI is InChI=1S/C14H12ClFN2O/c15-7-13(10-4-2-1-3-5-10)18-14(19)11-6-12(16)9-17-8-11/h1-6,8-9,13H,7H2,(H,18,19). The van der Waals surface area contributed by atoms with Gasteiger partial charge in [-0.05, 0) is 11.6 Å². The number of hydrogen-bond acceptors (Lipinski definition) is 2. The summed E-state index contributed by atoms with van der Waals surface area (Å²) in [7, 11) is 0. The van der Waals surface area contributed by atoms with E-state index in [2.05, 4.69) is 10.3 Å². The fourth-order valence-corrected chi connectivity index (χ4v) is 1.93. The lowest BCUT2D eigenvalue weighted by Gasteiger charge is -2.16. The highest BCUT2D eigenvalue weighted by Crippen LogP contribution is 2.15. The molecule has 1 amide bonds. The van der Waals surface area contributed by atoms with E-state index in [0.717, 1.165) is 17.8 Å². The highest BCUT2D eigenvalue weighted by Gasteiger charge is 2.15. The van der Waals surface area contributed by atoms with Gasteiger partial charge in [0.05, 0.1) is 17.8 Å². The van der Waals surface area contributed by atoms with Crippen molar-refractivity contribution in [3.8, 4) is 0 Å². The second kappa shape index (κ2) is 6.29. The summed E-state index contributed by atoms with van der Waals surface area (Å²) in [5, 5.41) is 2.75. The van der Waals surface area contributed by atoms with Gasteiger partial charge in [0.2, 0.25) is 0 Å². The van der Waals surface area contributed by atoms with Gasteiger partial charge < -0.3 is 5.32 Å². The predicted molar refractivity (Wildman–Crippen MR) is 71.6 cm³/mol. The molecule has 0 bridgehead atoms. The number of carbonyl (C=O) groups is 1. The van der Waals surface area contributed by atoms with Crippen molar-refractivity contribution in [2.24, 2.45) is 0 Å². The van der Waals surface area contributed by atoms with Crippen LogP contribution in [0.25, 0.3) is 0 Å². The number of alkyl halides is 1. The Morgan fingerprint density at radius 1 is 1.32 bits per heavy atom. The topological polar surface area (TPSA) is 42.0 Å². The second-order valence-electron chi connectivity index (χ2n) is 3.98. The van der Waals surface area contributed by atoms with Gasteiger partial charge in [-0.2, -0.15) is 0 Å². The molecule has 0 fully saturated rings. The molecule has 0 saturated carbocycles. The van der Waals surface area contributed by atoms with Crippen LogP contribution in [0.5, 0.6) is 0 Å². The molecule has 1 heterocycles. The Morgan fingerprint density at radius 3 is 2.68 bits per heavy atom. The Bertz CT molecular complexity index is 562. The Balaban J connectivity index is 2.13. The largest absolute Gasteiger partial charge is 0.344 e. The fourth-order valence-electron chi connectivity index (χ4n) is 1.67. The molecule has 0 aliphatic carbocycles. The van der Waals surface area contributed by atoms with Crippen LogP contribution in [-0.4, -0.2) is 16.8 Å². The van der Waals surface area contributed by atoms with Gasteiger partial charge in [0.25, 0.3) is 5.91 Å². The lowest BCUT2D eigenvalue weighted by molar-refractivity contribution is 0.0939. The Morgan fingerprint density at radius 2 is 2.05 bits per heavy atom. The average molecular weight is 279 g/mol. The maximum absolute atomic E-state index is 13.0. The average Bonchev–Trinajstić information content (AvgIpc) is 2.45. The molecule has 3 nitrogen and oxygen atoms in total. The van der Waals surface area contributed by atoms with Crippen molar-refractivity contribution in [1.82, 2.24) is 10.3 Å². The van der Waals surface area contributed by atoms with E-state index in [1.165, 1.54) is 6.20 Å². The molecule has 0 radical (unpaired) electrons. The summed E-state index contributed by atoms with van der Waals surface area (Å²) < 4.78 is 13.0. The van der Waals surface area contributed by atoms with Crippen molar-refractivity contribution >= 4 is 17.5 Å². The molecule has 0 aliphatic rings. The second-order valence-corrected chi connectivity index (χ2v) is 4.29. The van der Waals surface area contributed by atoms with Gasteiger partial charge in [-0.3, -0.25) is 9.78 Å². The molecule has 19 heavy (non-hydrogen) atoms. The Labute approximate surface area is 115 Å². The highest BCUT2D eigenvalue weighted by atomic mass is 35.5. The van der Waals surface area contributed by atoms with Crippen LogP contribution in [0.15, 0.2) is 48.8 Å². The number of pyridine rings is 1. The first-order valence-corrected chi connectivity index (χ1v) is 6.26. The predicted octanol–water partition coefficient (Wildman–Crippen LogP) is 2.93. The van der Waals surface area contributed by atoms with Crippen molar-refractivity contribution in [2.75, 3.05) is 5.88 Å². The molecular weight excluding hydrogens is 267 g/mol. The van der Waals surface area contributed by atoms with E-state index < -0.39 is 11.7 Å². The molecule has 0 spiro atoms. The molecule has 98 valence electrons. The molecule has 0 aliphatic heterocycles. The number of rotatable bonds is 4. The third-order valence-electron chi connectivity index (χ3n) is 2.63. The van der Waals surface area contributed by atoms with Crippen LogP contribution in [0.1, 0.15) is 22.0 Å². The lowest BCUT2D eigenvalue weighted by atomic mass is 10.1. The van der Waals surface area contributed by atoms with E-state index in [1.54, 1.807) is 0 Å². The lowest BCUT2D eigenvalue weighted by Crippen LogP contribution is -2.29. The minimum atomic E-state index is -0.546. The molecular formula is C14H12ClFN2O. The zero-order valence-corrected chi connectivity index (χ0v) is 10.8. The van der Waals surface area contributed by atoms with Gasteiger partial charge in [0.1, 0.15) is 5.82 Å². The van der Waals surface area contributed by atoms with Crippen LogP contribution < -0.4 is 5.32 Å². The number of nitrogens with zero attached hydrogens (tertiary/aromatic N) is 1. The molecule has 2 rings (SSSR count). The summed E-state index contributed by atoms with van der Waals surface area (Å²) in [4.78, 5) is 15.6. The summed E-state index contributed by atoms with van der Waals surface area (Å²) in [6, 6.07) is 10.2. The fraction of sp³-hybridized carbons (Fsp3) is 0.143. The molecule has 1 atom stereocenters. The van der Waals surface area contributed by atoms with E-state index in [9.17, 15) is 9.18 Å². The maximum atomic E-state index is 13.0. The van der Waals surface area contributed by atoms with Gasteiger partial charge in [-0.1, -0.05) is 30.3 Å². The van der Waals surface area contributed by atoms with Crippen LogP contribution in [0.4, 0.5) is 4.39 Å². The Kier molecular flexibility index (Phi) is 4.47. The number of aromatic nitrogens is 1. The summed E-state index contributed by atoms with van der Waals surface area (Å²) in [6.45, 7) is 0. The van der Waals surface area contributed by atoms with Gasteiger partial charge >= 0.3 is 0 Å². The van der Waals surface area contributed by atoms with E-state index in [-0.39, 0.29) is 17.5 Å². The van der Waals surface area contributed by atoms with Gasteiger partial charge in [-0.15, -0.1) is 11.6 Å². The van der Waals surface area contributed by atoms with E-state index in [1.807, 2.05) is 30.3 Å². The molecule has 0 saturated heterocycles. The van der Waals surface area contributed by atoms with Gasteiger partial charge in [-0.25, -0.2) is 4.39 Å². The smallest absolute Gasteiger partial charge is 0.253 e. The number of halogens is 2. The third-order valence-corrected chi connectivity index (χ3v) is 2.94. The summed E-state index contributed by atoms with van der Waals surface area (Å²) >= 11 is 5.86. The van der Waals surface area contributed by atoms with Crippen molar-refractivity contribution in [3.63, 3.8) is 0 Å². The third kappa shape index (κ3) is 3.51. The SMILES string of the molecule is O=C(NC(CCl)c1ccccc1)c1cncc(F)c1. The monoisotopic (exact) mass is 278 g/mol. The summed E-state index contributed by atoms with van der Waals surface area (Å²) in [5.74, 6) is -0.713. The van der Waals surface area contributed by atoms with Crippen LogP contribution >= 0.6 is 11.6 Å². The minimum Gasteiger partial charge on any atom is -0.344 e. The molecule has 2 aromatic rings. The molecule has 1 unspecified atom stereocenters. The highest BCUT2D eigenvalue weighted by molar-refractivity contribution is 6.18. The number of benzene rings is 1. The molecule has 1 N–H and O–H groups in total. The zero-order chi connectivity index (χ0) is 13.7. The van der Waals surface area contributed by atoms with Crippen LogP contribution in [0.3, 0.4) is 0 Å². The van der Waals surface area contributed by atoms with Crippen molar-refractivity contribution < 1.29 is 9.18 Å². The van der Waals surface area contributed by atoms with E-state index in [0.29, 0.717) is 0 Å². The molecule has 1 aromatic heterocycles. The first-order valence-electron chi connectivity index (χ1n) is 5.73. The van der Waals surface area contributed by atoms with E-state index >= 15 is 0 Å². The number of carbonyl (C=O) groups excluding carboxylic acids is 1. The number of nitrogens with one attached hydrogen (secondary N) is 1. The van der Waals surface area contributed by atoms with Gasteiger partial charge in [0, 0.05) is 12.1 Å². The van der Waals surface area contributed by atoms with E-state index in [4.69, 9.17) is 11.6 Å².